The zero-order valence-corrected chi connectivity index (χ0v) is 11.4. The zero-order valence-electron chi connectivity index (χ0n) is 11.4. The van der Waals surface area contributed by atoms with E-state index >= 15 is 0 Å². The molecule has 2 fully saturated rings. The highest BCUT2D eigenvalue weighted by Gasteiger charge is 2.34. The molecule has 2 aliphatic carbocycles. The lowest BCUT2D eigenvalue weighted by atomic mass is 9.79. The Morgan fingerprint density at radius 2 is 2.10 bits per heavy atom. The standard InChI is InChI=1S/C15H20FN3O/c16-13-9-17-7-6-14(13)19-15(20)18-12-5-4-10-2-1-3-11(10)8-12/h6-7,9-12H,1-5,8H2,(H2,17,18,19,20). The average Bonchev–Trinajstić information content (AvgIpc) is 2.89. The van der Waals surface area contributed by atoms with E-state index in [1.807, 2.05) is 0 Å². The van der Waals surface area contributed by atoms with E-state index in [9.17, 15) is 9.18 Å². The lowest BCUT2D eigenvalue weighted by Crippen LogP contribution is -2.42. The highest BCUT2D eigenvalue weighted by atomic mass is 19.1. The molecule has 3 unspecified atom stereocenters. The van der Waals surface area contributed by atoms with E-state index in [1.165, 1.54) is 37.9 Å². The van der Waals surface area contributed by atoms with Crippen LogP contribution in [0, 0.1) is 17.7 Å². The van der Waals surface area contributed by atoms with Crippen molar-refractivity contribution in [2.45, 2.75) is 44.6 Å². The molecule has 0 bridgehead atoms. The first kappa shape index (κ1) is 13.3. The van der Waals surface area contributed by atoms with Crippen LogP contribution >= 0.6 is 0 Å². The third kappa shape index (κ3) is 2.92. The number of nitrogens with one attached hydrogen (secondary N) is 2. The number of amides is 2. The van der Waals surface area contributed by atoms with Crippen molar-refractivity contribution in [3.8, 4) is 0 Å². The first-order valence-corrected chi connectivity index (χ1v) is 7.39. The quantitative estimate of drug-likeness (QED) is 0.871. The summed E-state index contributed by atoms with van der Waals surface area (Å²) in [7, 11) is 0. The van der Waals surface area contributed by atoms with Crippen LogP contribution in [-0.2, 0) is 0 Å². The molecule has 2 amide bonds. The Morgan fingerprint density at radius 3 is 2.95 bits per heavy atom. The maximum Gasteiger partial charge on any atom is 0.319 e. The Labute approximate surface area is 118 Å². The molecule has 1 aromatic rings. The highest BCUT2D eigenvalue weighted by molar-refractivity contribution is 5.89. The van der Waals surface area contributed by atoms with E-state index in [2.05, 4.69) is 15.6 Å². The largest absolute Gasteiger partial charge is 0.335 e. The van der Waals surface area contributed by atoms with Crippen molar-refractivity contribution in [2.24, 2.45) is 11.8 Å². The summed E-state index contributed by atoms with van der Waals surface area (Å²) >= 11 is 0. The number of rotatable bonds is 2. The van der Waals surface area contributed by atoms with Gasteiger partial charge in [0.05, 0.1) is 11.9 Å². The third-order valence-corrected chi connectivity index (χ3v) is 4.65. The summed E-state index contributed by atoms with van der Waals surface area (Å²) in [5.41, 5.74) is 0.173. The average molecular weight is 277 g/mol. The van der Waals surface area contributed by atoms with E-state index < -0.39 is 5.82 Å². The van der Waals surface area contributed by atoms with Gasteiger partial charge in [-0.3, -0.25) is 4.98 Å². The Balaban J connectivity index is 1.53. The first-order chi connectivity index (χ1) is 9.72. The first-order valence-electron chi connectivity index (χ1n) is 7.39. The van der Waals surface area contributed by atoms with E-state index in [4.69, 9.17) is 0 Å². The normalized spacial score (nSPS) is 28.8. The Kier molecular flexibility index (Phi) is 3.85. The summed E-state index contributed by atoms with van der Waals surface area (Å²) in [6.45, 7) is 0. The van der Waals surface area contributed by atoms with Crippen LogP contribution in [0.3, 0.4) is 0 Å². The van der Waals surface area contributed by atoms with Gasteiger partial charge >= 0.3 is 6.03 Å². The number of hydrogen-bond donors (Lipinski definition) is 2. The van der Waals surface area contributed by atoms with Gasteiger partial charge in [-0.15, -0.1) is 0 Å². The summed E-state index contributed by atoms with van der Waals surface area (Å²) in [6, 6.07) is 1.36. The Hall–Kier alpha value is -1.65. The highest BCUT2D eigenvalue weighted by Crippen LogP contribution is 2.42. The minimum absolute atomic E-state index is 0.173. The van der Waals surface area contributed by atoms with Gasteiger partial charge in [0.25, 0.3) is 0 Å². The van der Waals surface area contributed by atoms with Gasteiger partial charge in [-0.1, -0.05) is 19.3 Å². The Morgan fingerprint density at radius 1 is 1.25 bits per heavy atom. The second-order valence-corrected chi connectivity index (χ2v) is 5.92. The van der Waals surface area contributed by atoms with Gasteiger partial charge in [-0.05, 0) is 37.2 Å². The van der Waals surface area contributed by atoms with E-state index in [0.29, 0.717) is 0 Å². The number of urea groups is 1. The molecule has 1 aromatic heterocycles. The fraction of sp³-hybridized carbons (Fsp3) is 0.600. The smallest absolute Gasteiger partial charge is 0.319 e. The number of aromatic nitrogens is 1. The molecular formula is C15H20FN3O. The van der Waals surface area contributed by atoms with Gasteiger partial charge in [-0.2, -0.15) is 0 Å². The maximum atomic E-state index is 13.4. The number of halogens is 1. The number of anilines is 1. The predicted octanol–water partition coefficient (Wildman–Crippen LogP) is 3.31. The predicted molar refractivity (Wildman–Crippen MR) is 74.8 cm³/mol. The van der Waals surface area contributed by atoms with Crippen molar-refractivity contribution in [2.75, 3.05) is 5.32 Å². The minimum Gasteiger partial charge on any atom is -0.335 e. The summed E-state index contributed by atoms with van der Waals surface area (Å²) in [5.74, 6) is 1.13. The molecule has 5 heteroatoms. The van der Waals surface area contributed by atoms with Gasteiger partial charge in [0.2, 0.25) is 0 Å². The molecule has 4 nitrogen and oxygen atoms in total. The van der Waals surface area contributed by atoms with E-state index in [1.54, 1.807) is 0 Å². The summed E-state index contributed by atoms with van der Waals surface area (Å²) in [5, 5.41) is 5.52. The fourth-order valence-corrected chi connectivity index (χ4v) is 3.65. The molecule has 3 rings (SSSR count). The molecule has 2 aliphatic rings. The van der Waals surface area contributed by atoms with Crippen molar-refractivity contribution >= 4 is 11.7 Å². The molecule has 1 heterocycles. The topological polar surface area (TPSA) is 54.0 Å². The minimum atomic E-state index is -0.512. The third-order valence-electron chi connectivity index (χ3n) is 4.65. The molecule has 2 N–H and O–H groups in total. The van der Waals surface area contributed by atoms with Crippen molar-refractivity contribution in [1.29, 1.82) is 0 Å². The van der Waals surface area contributed by atoms with Gasteiger partial charge in [0, 0.05) is 12.2 Å². The number of carbonyl (C=O) groups is 1. The molecule has 20 heavy (non-hydrogen) atoms. The molecule has 0 radical (unpaired) electrons. The number of nitrogens with zero attached hydrogens (tertiary/aromatic N) is 1. The lowest BCUT2D eigenvalue weighted by molar-refractivity contribution is 0.215. The van der Waals surface area contributed by atoms with Crippen molar-refractivity contribution in [3.63, 3.8) is 0 Å². The van der Waals surface area contributed by atoms with Gasteiger partial charge in [0.1, 0.15) is 0 Å². The summed E-state index contributed by atoms with van der Waals surface area (Å²) in [6.07, 6.45) is 9.84. The van der Waals surface area contributed by atoms with Gasteiger partial charge in [0.15, 0.2) is 5.82 Å². The van der Waals surface area contributed by atoms with Crippen LogP contribution in [0.25, 0.3) is 0 Å². The fourth-order valence-electron chi connectivity index (χ4n) is 3.65. The summed E-state index contributed by atoms with van der Waals surface area (Å²) in [4.78, 5) is 15.6. The van der Waals surface area contributed by atoms with Crippen molar-refractivity contribution in [3.05, 3.63) is 24.3 Å². The van der Waals surface area contributed by atoms with Crippen LogP contribution in [-0.4, -0.2) is 17.1 Å². The SMILES string of the molecule is O=C(Nc1ccncc1F)NC1CCC2CCCC2C1. The molecule has 108 valence electrons. The van der Waals surface area contributed by atoms with E-state index in [-0.39, 0.29) is 17.8 Å². The number of fused-ring (bicyclic) bond motifs is 1. The number of hydrogen-bond acceptors (Lipinski definition) is 2. The number of carbonyl (C=O) groups excluding carboxylic acids is 1. The van der Waals surface area contributed by atoms with Crippen LogP contribution in [0.4, 0.5) is 14.9 Å². The van der Waals surface area contributed by atoms with Crippen LogP contribution in [0.2, 0.25) is 0 Å². The maximum absolute atomic E-state index is 13.4. The van der Waals surface area contributed by atoms with Gasteiger partial charge in [-0.25, -0.2) is 9.18 Å². The monoisotopic (exact) mass is 277 g/mol. The van der Waals surface area contributed by atoms with E-state index in [0.717, 1.165) is 30.9 Å². The molecular weight excluding hydrogens is 257 g/mol. The van der Waals surface area contributed by atoms with Crippen molar-refractivity contribution < 1.29 is 9.18 Å². The molecule has 2 saturated carbocycles. The summed E-state index contributed by atoms with van der Waals surface area (Å²) < 4.78 is 13.4. The van der Waals surface area contributed by atoms with Crippen LogP contribution in [0.1, 0.15) is 38.5 Å². The zero-order chi connectivity index (χ0) is 13.9. The Bertz CT molecular complexity index is 494. The second-order valence-electron chi connectivity index (χ2n) is 5.92. The molecule has 3 atom stereocenters. The molecule has 0 aliphatic heterocycles. The molecule has 0 spiro atoms. The molecule has 0 aromatic carbocycles. The van der Waals surface area contributed by atoms with Gasteiger partial charge < -0.3 is 10.6 Å². The van der Waals surface area contributed by atoms with Crippen LogP contribution in [0.15, 0.2) is 18.5 Å². The van der Waals surface area contributed by atoms with Crippen LogP contribution < -0.4 is 10.6 Å². The number of pyridine rings is 1. The second kappa shape index (κ2) is 5.77. The van der Waals surface area contributed by atoms with Crippen molar-refractivity contribution in [1.82, 2.24) is 10.3 Å². The molecule has 0 saturated heterocycles. The van der Waals surface area contributed by atoms with Crippen LogP contribution in [0.5, 0.6) is 0 Å². The lowest BCUT2D eigenvalue weighted by Gasteiger charge is -2.32.